The number of halogens is 2. The zero-order valence-corrected chi connectivity index (χ0v) is 22.9. The van der Waals surface area contributed by atoms with Crippen LogP contribution >= 0.6 is 11.6 Å². The maximum Gasteiger partial charge on any atom is 0.227 e. The summed E-state index contributed by atoms with van der Waals surface area (Å²) in [6.07, 6.45) is 1.24. The Kier molecular flexibility index (Phi) is 7.06. The lowest BCUT2D eigenvalue weighted by Gasteiger charge is -2.48. The van der Waals surface area contributed by atoms with Crippen LogP contribution in [-0.4, -0.2) is 42.3 Å². The van der Waals surface area contributed by atoms with Gasteiger partial charge in [-0.3, -0.25) is 0 Å². The number of hydrogen-bond donors (Lipinski definition) is 1. The Morgan fingerprint density at radius 2 is 1.81 bits per heavy atom. The summed E-state index contributed by atoms with van der Waals surface area (Å²) in [6.45, 7) is 14.8. The van der Waals surface area contributed by atoms with Crippen molar-refractivity contribution in [3.63, 3.8) is 0 Å². The van der Waals surface area contributed by atoms with Gasteiger partial charge in [-0.15, -0.1) is 0 Å². The Hall–Kier alpha value is -3.06. The average Bonchev–Trinajstić information content (AvgIpc) is 2.80. The van der Waals surface area contributed by atoms with E-state index in [2.05, 4.69) is 71.8 Å². The summed E-state index contributed by atoms with van der Waals surface area (Å²) in [6, 6.07) is 12.0. The smallest absolute Gasteiger partial charge is 0.227 e. The van der Waals surface area contributed by atoms with Crippen molar-refractivity contribution in [2.75, 3.05) is 41.9 Å². The topological polar surface area (TPSA) is 53.5 Å². The van der Waals surface area contributed by atoms with Crippen LogP contribution in [-0.2, 0) is 5.41 Å². The van der Waals surface area contributed by atoms with E-state index in [1.54, 1.807) is 7.11 Å². The molecule has 0 spiro atoms. The Bertz CT molecular complexity index is 1240. The maximum absolute atomic E-state index is 14.8. The highest BCUT2D eigenvalue weighted by Gasteiger charge is 2.35. The first-order valence-corrected chi connectivity index (χ1v) is 12.5. The Morgan fingerprint density at radius 3 is 2.42 bits per heavy atom. The zero-order valence-electron chi connectivity index (χ0n) is 22.1. The summed E-state index contributed by atoms with van der Waals surface area (Å²) in [5, 5.41) is 3.89. The van der Waals surface area contributed by atoms with Crippen LogP contribution in [0.15, 0.2) is 42.6 Å². The van der Waals surface area contributed by atoms with Gasteiger partial charge in [-0.1, -0.05) is 32.4 Å². The van der Waals surface area contributed by atoms with Gasteiger partial charge in [-0.2, -0.15) is 4.98 Å². The Balaban J connectivity index is 1.57. The third-order valence-electron chi connectivity index (χ3n) is 6.68. The monoisotopic (exact) mass is 511 g/mol. The molecule has 0 radical (unpaired) electrons. The molecule has 1 saturated heterocycles. The van der Waals surface area contributed by atoms with Crippen LogP contribution in [0, 0.1) is 12.7 Å². The van der Waals surface area contributed by atoms with Crippen LogP contribution in [0.5, 0.6) is 5.75 Å². The molecule has 0 unspecified atom stereocenters. The second-order valence-electron chi connectivity index (χ2n) is 11.0. The summed E-state index contributed by atoms with van der Waals surface area (Å²) in [5.41, 5.74) is 3.48. The summed E-state index contributed by atoms with van der Waals surface area (Å²) in [4.78, 5) is 13.4. The highest BCUT2D eigenvalue weighted by atomic mass is 35.5. The predicted octanol–water partition coefficient (Wildman–Crippen LogP) is 6.73. The van der Waals surface area contributed by atoms with Gasteiger partial charge in [0.1, 0.15) is 5.75 Å². The molecule has 0 saturated carbocycles. The number of benzene rings is 2. The van der Waals surface area contributed by atoms with E-state index < -0.39 is 5.82 Å². The molecule has 192 valence electrons. The molecule has 4 rings (SSSR count). The summed E-state index contributed by atoms with van der Waals surface area (Å²) >= 11 is 6.50. The fraction of sp³-hybridized carbons (Fsp3) is 0.429. The van der Waals surface area contributed by atoms with Crippen molar-refractivity contribution in [3.8, 4) is 5.75 Å². The molecule has 0 bridgehead atoms. The van der Waals surface area contributed by atoms with Crippen LogP contribution in [0.4, 0.5) is 27.5 Å². The minimum Gasteiger partial charge on any atom is -0.497 e. The maximum atomic E-state index is 14.8. The van der Waals surface area contributed by atoms with E-state index in [0.717, 1.165) is 34.8 Å². The predicted molar refractivity (Wildman–Crippen MR) is 147 cm³/mol. The molecule has 2 aromatic carbocycles. The van der Waals surface area contributed by atoms with Gasteiger partial charge < -0.3 is 19.9 Å². The molecule has 1 aromatic heterocycles. The van der Waals surface area contributed by atoms with Crippen LogP contribution in [0.2, 0.25) is 5.02 Å². The van der Waals surface area contributed by atoms with Gasteiger partial charge in [0.15, 0.2) is 11.6 Å². The second-order valence-corrected chi connectivity index (χ2v) is 11.4. The lowest BCUT2D eigenvalue weighted by molar-refractivity contribution is 0.407. The first-order chi connectivity index (χ1) is 16.9. The molecular weight excluding hydrogens is 477 g/mol. The van der Waals surface area contributed by atoms with Crippen molar-refractivity contribution in [1.82, 2.24) is 9.97 Å². The van der Waals surface area contributed by atoms with E-state index in [1.165, 1.54) is 6.20 Å². The molecule has 1 fully saturated rings. The van der Waals surface area contributed by atoms with Gasteiger partial charge in [0.05, 0.1) is 18.8 Å². The number of nitrogens with zero attached hydrogens (tertiary/aromatic N) is 4. The fourth-order valence-electron chi connectivity index (χ4n) is 4.67. The summed E-state index contributed by atoms with van der Waals surface area (Å²) < 4.78 is 20.1. The first kappa shape index (κ1) is 26.0. The van der Waals surface area contributed by atoms with Gasteiger partial charge >= 0.3 is 0 Å². The molecule has 6 nitrogen and oxygen atoms in total. The van der Waals surface area contributed by atoms with E-state index in [9.17, 15) is 4.39 Å². The quantitative estimate of drug-likeness (QED) is 0.409. The molecule has 0 amide bonds. The van der Waals surface area contributed by atoms with E-state index in [1.807, 2.05) is 31.2 Å². The molecule has 0 atom stereocenters. The van der Waals surface area contributed by atoms with Gasteiger partial charge in [0, 0.05) is 36.0 Å². The van der Waals surface area contributed by atoms with Gasteiger partial charge in [0.25, 0.3) is 0 Å². The number of piperazine rings is 1. The largest absolute Gasteiger partial charge is 0.497 e. The Morgan fingerprint density at radius 1 is 1.11 bits per heavy atom. The highest BCUT2D eigenvalue weighted by Crippen LogP contribution is 2.35. The molecule has 1 N–H and O–H groups in total. The first-order valence-electron chi connectivity index (χ1n) is 12.2. The third kappa shape index (κ3) is 5.36. The van der Waals surface area contributed by atoms with Crippen molar-refractivity contribution in [3.05, 3.63) is 64.6 Å². The van der Waals surface area contributed by atoms with E-state index in [0.29, 0.717) is 24.1 Å². The number of nitrogens with one attached hydrogen (secondary N) is 1. The minimum atomic E-state index is -0.499. The van der Waals surface area contributed by atoms with Crippen molar-refractivity contribution in [1.29, 1.82) is 0 Å². The van der Waals surface area contributed by atoms with Gasteiger partial charge in [-0.05, 0) is 73.7 Å². The number of rotatable bonds is 5. The average molecular weight is 512 g/mol. The second kappa shape index (κ2) is 9.77. The van der Waals surface area contributed by atoms with E-state index >= 15 is 0 Å². The van der Waals surface area contributed by atoms with Crippen LogP contribution in [0.3, 0.4) is 0 Å². The Labute approximate surface area is 218 Å². The van der Waals surface area contributed by atoms with Crippen molar-refractivity contribution in [2.24, 2.45) is 0 Å². The van der Waals surface area contributed by atoms with Gasteiger partial charge in [-0.25, -0.2) is 9.37 Å². The molecule has 1 aliphatic rings. The van der Waals surface area contributed by atoms with Crippen LogP contribution in [0.1, 0.15) is 45.7 Å². The van der Waals surface area contributed by atoms with Crippen LogP contribution < -0.4 is 19.9 Å². The third-order valence-corrected chi connectivity index (χ3v) is 6.99. The molecule has 0 aliphatic carbocycles. The zero-order chi connectivity index (χ0) is 26.3. The number of methoxy groups -OCH3 is 1. The van der Waals surface area contributed by atoms with Crippen molar-refractivity contribution in [2.45, 2.75) is 52.5 Å². The fourth-order valence-corrected chi connectivity index (χ4v) is 5.18. The number of ether oxygens (including phenoxy) is 1. The van der Waals surface area contributed by atoms with E-state index in [-0.39, 0.29) is 16.8 Å². The van der Waals surface area contributed by atoms with Crippen LogP contribution in [0.25, 0.3) is 0 Å². The molecule has 3 aromatic rings. The summed E-state index contributed by atoms with van der Waals surface area (Å²) in [7, 11) is 1.67. The molecule has 8 heteroatoms. The number of aromatic nitrogens is 2. The molecule has 2 heterocycles. The lowest BCUT2D eigenvalue weighted by Crippen LogP contribution is -2.60. The number of anilines is 4. The highest BCUT2D eigenvalue weighted by molar-refractivity contribution is 6.31. The molecule has 1 aliphatic heterocycles. The summed E-state index contributed by atoms with van der Waals surface area (Å²) in [5.74, 6) is 0.992. The van der Waals surface area contributed by atoms with E-state index in [4.69, 9.17) is 16.3 Å². The standard InChI is InChI=1S/C28H35ClFN5O/c1-18-14-22(29)21(27(2,3)4)15-24(18)32-25-23(30)16-31-26(33-25)34-12-13-35(28(5,6)17-34)19-8-10-20(36-7)11-9-19/h8-11,14-16H,12-13,17H2,1-7H3,(H,31,32,33). The normalized spacial score (nSPS) is 15.7. The van der Waals surface area contributed by atoms with Gasteiger partial charge in [0.2, 0.25) is 5.95 Å². The minimum absolute atomic E-state index is 0.147. The van der Waals surface area contributed by atoms with Crippen molar-refractivity contribution < 1.29 is 9.13 Å². The number of aryl methyl sites for hydroxylation is 1. The number of hydrogen-bond acceptors (Lipinski definition) is 6. The molecule has 36 heavy (non-hydrogen) atoms. The lowest BCUT2D eigenvalue weighted by atomic mass is 9.86. The molecular formula is C28H35ClFN5O. The van der Waals surface area contributed by atoms with Crippen molar-refractivity contribution >= 4 is 34.7 Å². The SMILES string of the molecule is COc1ccc(N2CCN(c3ncc(F)c(Nc4cc(C(C)(C)C)c(Cl)cc4C)n3)CC2(C)C)cc1.